The maximum Gasteiger partial charge on any atom is 0.128 e. The van der Waals surface area contributed by atoms with E-state index >= 15 is 0 Å². The van der Waals surface area contributed by atoms with Gasteiger partial charge in [-0.25, -0.2) is 0 Å². The Morgan fingerprint density at radius 2 is 2.16 bits per heavy atom. The van der Waals surface area contributed by atoms with Gasteiger partial charge < -0.3 is 15.2 Å². The number of halogens is 1. The fraction of sp³-hybridized carbons (Fsp3) is 0.286. The highest BCUT2D eigenvalue weighted by Crippen LogP contribution is 2.30. The Labute approximate surface area is 125 Å². The molecular formula is C14H16BrNO2S. The van der Waals surface area contributed by atoms with Crippen molar-refractivity contribution in [1.82, 2.24) is 0 Å². The molecule has 1 aromatic heterocycles. The average molecular weight is 342 g/mol. The summed E-state index contributed by atoms with van der Waals surface area (Å²) in [5.41, 5.74) is 6.94. The zero-order chi connectivity index (χ0) is 13.8. The van der Waals surface area contributed by atoms with Crippen LogP contribution in [-0.4, -0.2) is 7.11 Å². The van der Waals surface area contributed by atoms with E-state index < -0.39 is 0 Å². The van der Waals surface area contributed by atoms with Gasteiger partial charge in [-0.2, -0.15) is 0 Å². The quantitative estimate of drug-likeness (QED) is 0.889. The lowest BCUT2D eigenvalue weighted by atomic mass is 10.1. The molecule has 0 fully saturated rings. The first kappa shape index (κ1) is 14.4. The zero-order valence-electron chi connectivity index (χ0n) is 10.9. The Kier molecular flexibility index (Phi) is 4.85. The molecule has 3 nitrogen and oxygen atoms in total. The van der Waals surface area contributed by atoms with Crippen LogP contribution in [0.3, 0.4) is 0 Å². The number of hydrogen-bond donors (Lipinski definition) is 1. The molecule has 0 unspecified atom stereocenters. The van der Waals surface area contributed by atoms with Gasteiger partial charge in [0.1, 0.15) is 18.1 Å². The molecule has 5 heteroatoms. The second-order valence-corrected chi connectivity index (χ2v) is 6.12. The topological polar surface area (TPSA) is 44.5 Å². The van der Waals surface area contributed by atoms with Gasteiger partial charge >= 0.3 is 0 Å². The summed E-state index contributed by atoms with van der Waals surface area (Å²) in [6.45, 7) is 2.47. The fourth-order valence-electron chi connectivity index (χ4n) is 1.72. The summed E-state index contributed by atoms with van der Waals surface area (Å²) < 4.78 is 12.2. The van der Waals surface area contributed by atoms with Crippen molar-refractivity contribution in [3.63, 3.8) is 0 Å². The zero-order valence-corrected chi connectivity index (χ0v) is 13.3. The summed E-state index contributed by atoms with van der Waals surface area (Å²) in [6, 6.07) is 7.70. The van der Waals surface area contributed by atoms with E-state index in [9.17, 15) is 0 Å². The standard InChI is InChI=1S/C14H16BrNO2S/c1-9(16)13-4-3-11(17-2)6-14(13)18-7-12-5-10(15)8-19-12/h3-6,8-9H,7,16H2,1-2H3/t9-/m1/s1. The minimum Gasteiger partial charge on any atom is -0.497 e. The molecule has 0 spiro atoms. The largest absolute Gasteiger partial charge is 0.497 e. The number of hydrogen-bond acceptors (Lipinski definition) is 4. The number of ether oxygens (including phenoxy) is 2. The molecule has 2 rings (SSSR count). The second kappa shape index (κ2) is 6.41. The molecule has 0 aliphatic carbocycles. The van der Waals surface area contributed by atoms with E-state index in [1.54, 1.807) is 18.4 Å². The first-order valence-electron chi connectivity index (χ1n) is 5.89. The summed E-state index contributed by atoms with van der Waals surface area (Å²) in [5, 5.41) is 2.04. The summed E-state index contributed by atoms with van der Waals surface area (Å²) in [5.74, 6) is 1.55. The van der Waals surface area contributed by atoms with Gasteiger partial charge in [0, 0.05) is 32.4 Å². The number of nitrogens with two attached hydrogens (primary N) is 1. The maximum absolute atomic E-state index is 5.95. The molecule has 0 radical (unpaired) electrons. The Bertz CT molecular complexity index is 554. The van der Waals surface area contributed by atoms with Crippen LogP contribution in [0.5, 0.6) is 11.5 Å². The van der Waals surface area contributed by atoms with Crippen LogP contribution in [0.4, 0.5) is 0 Å². The lowest BCUT2D eigenvalue weighted by molar-refractivity contribution is 0.302. The van der Waals surface area contributed by atoms with Crippen molar-refractivity contribution in [3.8, 4) is 11.5 Å². The van der Waals surface area contributed by atoms with Gasteiger partial charge in [-0.3, -0.25) is 0 Å². The van der Waals surface area contributed by atoms with Gasteiger partial charge in [-0.15, -0.1) is 11.3 Å². The van der Waals surface area contributed by atoms with Crippen LogP contribution in [0.25, 0.3) is 0 Å². The molecule has 19 heavy (non-hydrogen) atoms. The van der Waals surface area contributed by atoms with Crippen LogP contribution in [0.1, 0.15) is 23.4 Å². The van der Waals surface area contributed by atoms with Crippen molar-refractivity contribution < 1.29 is 9.47 Å². The van der Waals surface area contributed by atoms with Crippen molar-refractivity contribution in [2.24, 2.45) is 5.73 Å². The van der Waals surface area contributed by atoms with Gasteiger partial charge in [0.25, 0.3) is 0 Å². The highest BCUT2D eigenvalue weighted by Gasteiger charge is 2.10. The molecule has 2 N–H and O–H groups in total. The molecular weight excluding hydrogens is 326 g/mol. The number of benzene rings is 1. The number of thiophene rings is 1. The molecule has 1 heterocycles. The summed E-state index contributed by atoms with van der Waals surface area (Å²) in [7, 11) is 1.64. The molecule has 1 aromatic carbocycles. The van der Waals surface area contributed by atoms with E-state index in [0.29, 0.717) is 6.61 Å². The lowest BCUT2D eigenvalue weighted by Crippen LogP contribution is -2.08. The Morgan fingerprint density at radius 3 is 2.74 bits per heavy atom. The van der Waals surface area contributed by atoms with Gasteiger partial charge in [0.2, 0.25) is 0 Å². The van der Waals surface area contributed by atoms with Gasteiger partial charge in [-0.1, -0.05) is 6.07 Å². The van der Waals surface area contributed by atoms with Crippen LogP contribution in [0.15, 0.2) is 34.1 Å². The third kappa shape index (κ3) is 3.72. The molecule has 102 valence electrons. The Hall–Kier alpha value is -1.04. The number of rotatable bonds is 5. The monoisotopic (exact) mass is 341 g/mol. The summed E-state index contributed by atoms with van der Waals surface area (Å²) in [6.07, 6.45) is 0. The predicted molar refractivity (Wildman–Crippen MR) is 81.9 cm³/mol. The number of methoxy groups -OCH3 is 1. The third-order valence-corrected chi connectivity index (χ3v) is 4.37. The summed E-state index contributed by atoms with van der Waals surface area (Å²) in [4.78, 5) is 1.16. The molecule has 0 saturated heterocycles. The van der Waals surface area contributed by atoms with Crippen LogP contribution in [0.2, 0.25) is 0 Å². The van der Waals surface area contributed by atoms with Gasteiger partial charge in [0.15, 0.2) is 0 Å². The van der Waals surface area contributed by atoms with Crippen molar-refractivity contribution in [2.75, 3.05) is 7.11 Å². The van der Waals surface area contributed by atoms with E-state index in [0.717, 1.165) is 26.4 Å². The van der Waals surface area contributed by atoms with Crippen LogP contribution in [0, 0.1) is 0 Å². The van der Waals surface area contributed by atoms with Gasteiger partial charge in [0.05, 0.1) is 7.11 Å². The fourth-order valence-corrected chi connectivity index (χ4v) is 3.08. The summed E-state index contributed by atoms with van der Waals surface area (Å²) >= 11 is 5.09. The highest BCUT2D eigenvalue weighted by atomic mass is 79.9. The highest BCUT2D eigenvalue weighted by molar-refractivity contribution is 9.10. The minimum atomic E-state index is -0.0732. The molecule has 0 aliphatic rings. The van der Waals surface area contributed by atoms with Crippen molar-refractivity contribution in [3.05, 3.63) is 44.6 Å². The smallest absolute Gasteiger partial charge is 0.128 e. The van der Waals surface area contributed by atoms with Crippen LogP contribution in [-0.2, 0) is 6.61 Å². The molecule has 1 atom stereocenters. The lowest BCUT2D eigenvalue weighted by Gasteiger charge is -2.14. The third-order valence-electron chi connectivity index (χ3n) is 2.70. The Morgan fingerprint density at radius 1 is 1.37 bits per heavy atom. The van der Waals surface area contributed by atoms with Crippen molar-refractivity contribution in [2.45, 2.75) is 19.6 Å². The van der Waals surface area contributed by atoms with E-state index in [2.05, 4.69) is 22.0 Å². The van der Waals surface area contributed by atoms with E-state index in [-0.39, 0.29) is 6.04 Å². The van der Waals surface area contributed by atoms with E-state index in [4.69, 9.17) is 15.2 Å². The first-order chi connectivity index (χ1) is 9.10. The van der Waals surface area contributed by atoms with Crippen LogP contribution >= 0.6 is 27.3 Å². The molecule has 2 aromatic rings. The average Bonchev–Trinajstić information content (AvgIpc) is 2.81. The molecule has 0 saturated carbocycles. The van der Waals surface area contributed by atoms with Crippen molar-refractivity contribution in [1.29, 1.82) is 0 Å². The maximum atomic E-state index is 5.95. The predicted octanol–water partition coefficient (Wildman–Crippen LogP) is 4.12. The van der Waals surface area contributed by atoms with E-state index in [1.165, 1.54) is 0 Å². The minimum absolute atomic E-state index is 0.0732. The SMILES string of the molecule is COc1ccc([C@@H](C)N)c(OCc2cc(Br)cs2)c1. The van der Waals surface area contributed by atoms with E-state index in [1.807, 2.05) is 30.5 Å². The first-order valence-corrected chi connectivity index (χ1v) is 7.56. The molecule has 0 aliphatic heterocycles. The van der Waals surface area contributed by atoms with Crippen molar-refractivity contribution >= 4 is 27.3 Å². The Balaban J connectivity index is 2.17. The van der Waals surface area contributed by atoms with Gasteiger partial charge in [-0.05, 0) is 35.0 Å². The van der Waals surface area contributed by atoms with Crippen LogP contribution < -0.4 is 15.2 Å². The molecule has 0 bridgehead atoms. The molecule has 0 amide bonds. The second-order valence-electron chi connectivity index (χ2n) is 4.21. The normalized spacial score (nSPS) is 12.2.